The number of methoxy groups -OCH3 is 1. The normalized spacial score (nSPS) is 12.6. The number of carbonyl (C=O) groups excluding carboxylic acids is 1. The molecule has 0 aliphatic carbocycles. The average molecular weight is 210 g/mol. The van der Waals surface area contributed by atoms with Crippen molar-refractivity contribution in [2.75, 3.05) is 7.11 Å². The molecule has 1 heterocycles. The van der Waals surface area contributed by atoms with E-state index in [1.807, 2.05) is 31.5 Å². The third kappa shape index (κ3) is 2.39. The zero-order valence-corrected chi connectivity index (χ0v) is 9.70. The van der Waals surface area contributed by atoms with Gasteiger partial charge in [0.05, 0.1) is 7.11 Å². The number of carbonyl (C=O) groups is 1. The summed E-state index contributed by atoms with van der Waals surface area (Å²) in [5.41, 5.74) is 8.49. The Morgan fingerprint density at radius 3 is 2.73 bits per heavy atom. The van der Waals surface area contributed by atoms with Gasteiger partial charge < -0.3 is 15.0 Å². The number of hydrogen-bond donors (Lipinski definition) is 1. The predicted octanol–water partition coefficient (Wildman–Crippen LogP) is 1.01. The maximum Gasteiger partial charge on any atom is 0.354 e. The van der Waals surface area contributed by atoms with Crippen LogP contribution in [0.1, 0.15) is 28.7 Å². The van der Waals surface area contributed by atoms with E-state index in [-0.39, 0.29) is 12.0 Å². The molecule has 0 aliphatic heterocycles. The maximum atomic E-state index is 11.4. The molecular weight excluding hydrogens is 192 g/mol. The number of aryl methyl sites for hydroxylation is 1. The molecular formula is C11H18N2O2. The van der Waals surface area contributed by atoms with Crippen molar-refractivity contribution in [1.29, 1.82) is 0 Å². The number of esters is 1. The van der Waals surface area contributed by atoms with E-state index >= 15 is 0 Å². The number of nitrogens with zero attached hydrogens (tertiary/aromatic N) is 1. The first-order valence-corrected chi connectivity index (χ1v) is 4.96. The summed E-state index contributed by atoms with van der Waals surface area (Å²) in [6.07, 6.45) is 0.763. The Balaban J connectivity index is 3.08. The lowest BCUT2D eigenvalue weighted by molar-refractivity contribution is 0.0589. The molecule has 1 atom stereocenters. The Morgan fingerprint density at radius 2 is 2.27 bits per heavy atom. The van der Waals surface area contributed by atoms with E-state index in [2.05, 4.69) is 0 Å². The molecule has 0 aliphatic rings. The number of hydrogen-bond acceptors (Lipinski definition) is 3. The monoisotopic (exact) mass is 210 g/mol. The summed E-state index contributed by atoms with van der Waals surface area (Å²) < 4.78 is 6.55. The van der Waals surface area contributed by atoms with Crippen molar-refractivity contribution in [2.45, 2.75) is 26.3 Å². The molecule has 1 rings (SSSR count). The highest BCUT2D eigenvalue weighted by Crippen LogP contribution is 2.16. The summed E-state index contributed by atoms with van der Waals surface area (Å²) in [7, 11) is 3.24. The predicted molar refractivity (Wildman–Crippen MR) is 58.8 cm³/mol. The Bertz CT molecular complexity index is 367. The Labute approximate surface area is 90.0 Å². The molecule has 0 saturated carbocycles. The van der Waals surface area contributed by atoms with Gasteiger partial charge in [-0.1, -0.05) is 0 Å². The lowest BCUT2D eigenvalue weighted by atomic mass is 10.1. The van der Waals surface area contributed by atoms with E-state index in [0.29, 0.717) is 5.69 Å². The van der Waals surface area contributed by atoms with Gasteiger partial charge in [-0.2, -0.15) is 0 Å². The molecule has 0 aromatic carbocycles. The second kappa shape index (κ2) is 4.49. The van der Waals surface area contributed by atoms with Gasteiger partial charge in [0.15, 0.2) is 0 Å². The molecule has 0 radical (unpaired) electrons. The Kier molecular flexibility index (Phi) is 3.52. The van der Waals surface area contributed by atoms with Crippen LogP contribution >= 0.6 is 0 Å². The number of nitrogens with two attached hydrogens (primary N) is 1. The van der Waals surface area contributed by atoms with E-state index in [9.17, 15) is 4.79 Å². The molecule has 15 heavy (non-hydrogen) atoms. The summed E-state index contributed by atoms with van der Waals surface area (Å²) in [5, 5.41) is 0. The molecule has 84 valence electrons. The van der Waals surface area contributed by atoms with Crippen LogP contribution < -0.4 is 5.73 Å². The largest absolute Gasteiger partial charge is 0.464 e. The molecule has 0 saturated heterocycles. The molecule has 0 spiro atoms. The highest BCUT2D eigenvalue weighted by atomic mass is 16.5. The lowest BCUT2D eigenvalue weighted by Gasteiger charge is -2.09. The van der Waals surface area contributed by atoms with Crippen molar-refractivity contribution < 1.29 is 9.53 Å². The van der Waals surface area contributed by atoms with Crippen molar-refractivity contribution in [3.63, 3.8) is 0 Å². The summed E-state index contributed by atoms with van der Waals surface area (Å²) in [6.45, 7) is 3.93. The minimum Gasteiger partial charge on any atom is -0.464 e. The summed E-state index contributed by atoms with van der Waals surface area (Å²) >= 11 is 0. The molecule has 0 amide bonds. The molecule has 4 nitrogen and oxygen atoms in total. The Hall–Kier alpha value is -1.29. The molecule has 1 unspecified atom stereocenters. The fourth-order valence-corrected chi connectivity index (χ4v) is 1.70. The van der Waals surface area contributed by atoms with Crippen LogP contribution in [0.15, 0.2) is 6.07 Å². The first-order valence-electron chi connectivity index (χ1n) is 4.96. The van der Waals surface area contributed by atoms with Crippen LogP contribution in [0.4, 0.5) is 0 Å². The third-order valence-corrected chi connectivity index (χ3v) is 2.48. The first-order chi connectivity index (χ1) is 6.97. The zero-order valence-electron chi connectivity index (χ0n) is 9.70. The lowest BCUT2D eigenvalue weighted by Crippen LogP contribution is -2.20. The quantitative estimate of drug-likeness (QED) is 0.757. The van der Waals surface area contributed by atoms with Crippen molar-refractivity contribution in [2.24, 2.45) is 12.8 Å². The van der Waals surface area contributed by atoms with E-state index in [1.165, 1.54) is 7.11 Å². The van der Waals surface area contributed by atoms with Gasteiger partial charge in [-0.15, -0.1) is 0 Å². The minimum absolute atomic E-state index is 0.0859. The van der Waals surface area contributed by atoms with Gasteiger partial charge in [0, 0.05) is 25.2 Å². The summed E-state index contributed by atoms with van der Waals surface area (Å²) in [5.74, 6) is -0.309. The number of aromatic nitrogens is 1. The average Bonchev–Trinajstić information content (AvgIpc) is 2.44. The number of ether oxygens (including phenoxy) is 1. The molecule has 1 aromatic rings. The third-order valence-electron chi connectivity index (χ3n) is 2.48. The second-order valence-electron chi connectivity index (χ2n) is 3.89. The van der Waals surface area contributed by atoms with E-state index in [0.717, 1.165) is 17.7 Å². The van der Waals surface area contributed by atoms with Crippen LogP contribution in [-0.2, 0) is 18.2 Å². The molecule has 0 bridgehead atoms. The molecule has 1 aromatic heterocycles. The van der Waals surface area contributed by atoms with Gasteiger partial charge in [0.1, 0.15) is 5.69 Å². The fourth-order valence-electron chi connectivity index (χ4n) is 1.70. The van der Waals surface area contributed by atoms with Crippen LogP contribution in [0.3, 0.4) is 0 Å². The van der Waals surface area contributed by atoms with Crippen LogP contribution in [-0.4, -0.2) is 23.7 Å². The molecule has 2 N–H and O–H groups in total. The maximum absolute atomic E-state index is 11.4. The van der Waals surface area contributed by atoms with Gasteiger partial charge in [0.2, 0.25) is 0 Å². The molecule has 4 heteroatoms. The standard InChI is InChI=1S/C11H18N2O2/c1-7-5-10(11(14)15-4)13(3)9(7)6-8(2)12/h5,8H,6,12H2,1-4H3. The highest BCUT2D eigenvalue weighted by molar-refractivity contribution is 5.88. The fraction of sp³-hybridized carbons (Fsp3) is 0.545. The second-order valence-corrected chi connectivity index (χ2v) is 3.89. The van der Waals surface area contributed by atoms with Crippen molar-refractivity contribution in [3.8, 4) is 0 Å². The van der Waals surface area contributed by atoms with Crippen LogP contribution in [0.25, 0.3) is 0 Å². The minimum atomic E-state index is -0.309. The molecule has 0 fully saturated rings. The summed E-state index contributed by atoms with van der Waals surface area (Å²) in [6, 6.07) is 1.92. The zero-order chi connectivity index (χ0) is 11.6. The van der Waals surface area contributed by atoms with Crippen molar-refractivity contribution >= 4 is 5.97 Å². The van der Waals surface area contributed by atoms with Gasteiger partial charge >= 0.3 is 5.97 Å². The topological polar surface area (TPSA) is 57.2 Å². The summed E-state index contributed by atoms with van der Waals surface area (Å²) in [4.78, 5) is 11.4. The van der Waals surface area contributed by atoms with Crippen LogP contribution in [0, 0.1) is 6.92 Å². The number of rotatable bonds is 3. The van der Waals surface area contributed by atoms with Gasteiger partial charge in [-0.05, 0) is 25.5 Å². The van der Waals surface area contributed by atoms with Gasteiger partial charge in [-0.3, -0.25) is 0 Å². The van der Waals surface area contributed by atoms with Crippen molar-refractivity contribution in [1.82, 2.24) is 4.57 Å². The van der Waals surface area contributed by atoms with Crippen LogP contribution in [0.5, 0.6) is 0 Å². The van der Waals surface area contributed by atoms with Crippen LogP contribution in [0.2, 0.25) is 0 Å². The van der Waals surface area contributed by atoms with E-state index in [4.69, 9.17) is 10.5 Å². The van der Waals surface area contributed by atoms with E-state index < -0.39 is 0 Å². The first kappa shape index (κ1) is 11.8. The van der Waals surface area contributed by atoms with Crippen molar-refractivity contribution in [3.05, 3.63) is 23.0 Å². The van der Waals surface area contributed by atoms with Gasteiger partial charge in [0.25, 0.3) is 0 Å². The smallest absolute Gasteiger partial charge is 0.354 e. The highest BCUT2D eigenvalue weighted by Gasteiger charge is 2.16. The van der Waals surface area contributed by atoms with Gasteiger partial charge in [-0.25, -0.2) is 4.79 Å². The van der Waals surface area contributed by atoms with E-state index in [1.54, 1.807) is 0 Å². The SMILES string of the molecule is COC(=O)c1cc(C)c(CC(C)N)n1C. The Morgan fingerprint density at radius 1 is 1.67 bits per heavy atom.